The predicted molar refractivity (Wildman–Crippen MR) is 93.4 cm³/mol. The number of rotatable bonds is 6. The summed E-state index contributed by atoms with van der Waals surface area (Å²) in [6.07, 6.45) is 0. The third-order valence-electron chi connectivity index (χ3n) is 3.89. The van der Waals surface area contributed by atoms with Gasteiger partial charge in [0.15, 0.2) is 8.32 Å². The summed E-state index contributed by atoms with van der Waals surface area (Å²) >= 11 is 3.46. The van der Waals surface area contributed by atoms with Gasteiger partial charge in [0.1, 0.15) is 5.75 Å². The molecule has 0 saturated carbocycles. The van der Waals surface area contributed by atoms with E-state index in [0.717, 1.165) is 10.0 Å². The molecule has 1 rings (SSSR count). The highest BCUT2D eigenvalue weighted by molar-refractivity contribution is 9.10. The Bertz CT molecular complexity index is 523. The highest BCUT2D eigenvalue weighted by Crippen LogP contribution is 2.37. The molecule has 0 aromatic heterocycles. The number of esters is 1. The maximum Gasteiger partial charge on any atom is 0.305 e. The van der Waals surface area contributed by atoms with E-state index < -0.39 is 8.32 Å². The number of hydrogen-bond donors (Lipinski definition) is 0. The van der Waals surface area contributed by atoms with Crippen LogP contribution in [0.1, 0.15) is 33.3 Å². The Hall–Kier alpha value is -0.853. The predicted octanol–water partition coefficient (Wildman–Crippen LogP) is 4.87. The molecule has 0 aliphatic heterocycles. The molecular formula is C16H25BrO4Si. The van der Waals surface area contributed by atoms with Gasteiger partial charge in [-0.25, -0.2) is 0 Å². The lowest BCUT2D eigenvalue weighted by atomic mass is 10.2. The molecule has 0 aliphatic carbocycles. The molecule has 22 heavy (non-hydrogen) atoms. The standard InChI is InChI=1S/C16H25BrO4Si/c1-12(18)19-11-20-15-8-7-14(17)9-13(15)10-21-22(5,6)16(2,3)4/h7-9H,10-11H2,1-6H3. The monoisotopic (exact) mass is 388 g/mol. The summed E-state index contributed by atoms with van der Waals surface area (Å²) in [4.78, 5) is 10.8. The van der Waals surface area contributed by atoms with Crippen molar-refractivity contribution in [3.05, 3.63) is 28.2 Å². The van der Waals surface area contributed by atoms with Crippen LogP contribution in [0.4, 0.5) is 0 Å². The molecule has 0 N–H and O–H groups in total. The average molecular weight is 389 g/mol. The Morgan fingerprint density at radius 3 is 2.45 bits per heavy atom. The first-order chi connectivity index (χ1) is 10.0. The summed E-state index contributed by atoms with van der Waals surface area (Å²) in [5, 5.41) is 0.151. The van der Waals surface area contributed by atoms with Crippen molar-refractivity contribution < 1.29 is 18.7 Å². The summed E-state index contributed by atoms with van der Waals surface area (Å²) in [7, 11) is -1.83. The van der Waals surface area contributed by atoms with Gasteiger partial charge in [-0.3, -0.25) is 4.79 Å². The molecule has 1 aromatic rings. The molecule has 6 heteroatoms. The number of hydrogen-bond acceptors (Lipinski definition) is 4. The molecule has 0 heterocycles. The second-order valence-corrected chi connectivity index (χ2v) is 12.4. The lowest BCUT2D eigenvalue weighted by Gasteiger charge is -2.36. The number of benzene rings is 1. The molecule has 0 spiro atoms. The van der Waals surface area contributed by atoms with Crippen molar-refractivity contribution in [1.29, 1.82) is 0 Å². The van der Waals surface area contributed by atoms with Crippen LogP contribution in [-0.4, -0.2) is 21.1 Å². The molecule has 0 unspecified atom stereocenters. The second kappa shape index (κ2) is 7.61. The van der Waals surface area contributed by atoms with Crippen LogP contribution in [0.15, 0.2) is 22.7 Å². The fourth-order valence-corrected chi connectivity index (χ4v) is 2.81. The van der Waals surface area contributed by atoms with Crippen LogP contribution < -0.4 is 4.74 Å². The van der Waals surface area contributed by atoms with Crippen LogP contribution in [-0.2, 0) is 20.6 Å². The molecule has 4 nitrogen and oxygen atoms in total. The number of ether oxygens (including phenoxy) is 2. The summed E-state index contributed by atoms with van der Waals surface area (Å²) in [5.41, 5.74) is 0.936. The van der Waals surface area contributed by atoms with Crippen molar-refractivity contribution in [1.82, 2.24) is 0 Å². The molecule has 1 aromatic carbocycles. The van der Waals surface area contributed by atoms with Gasteiger partial charge in [-0.15, -0.1) is 0 Å². The molecule has 0 fully saturated rings. The fraction of sp³-hybridized carbons (Fsp3) is 0.562. The van der Waals surface area contributed by atoms with Crippen molar-refractivity contribution in [3.8, 4) is 5.75 Å². The quantitative estimate of drug-likeness (QED) is 0.396. The normalized spacial score (nSPS) is 12.1. The number of carbonyl (C=O) groups is 1. The second-order valence-electron chi connectivity index (χ2n) is 6.70. The third kappa shape index (κ3) is 5.74. The Balaban J connectivity index is 2.80. The minimum atomic E-state index is -1.83. The lowest BCUT2D eigenvalue weighted by Crippen LogP contribution is -2.40. The summed E-state index contributed by atoms with van der Waals surface area (Å²) in [6.45, 7) is 12.8. The minimum absolute atomic E-state index is 0.0932. The first-order valence-corrected chi connectivity index (χ1v) is 10.9. The van der Waals surface area contributed by atoms with Crippen LogP contribution in [0.3, 0.4) is 0 Å². The Morgan fingerprint density at radius 2 is 1.91 bits per heavy atom. The molecule has 0 amide bonds. The average Bonchev–Trinajstić information content (AvgIpc) is 2.37. The van der Waals surface area contributed by atoms with Crippen molar-refractivity contribution in [2.24, 2.45) is 0 Å². The fourth-order valence-electron chi connectivity index (χ4n) is 1.45. The van der Waals surface area contributed by atoms with Crippen molar-refractivity contribution in [3.63, 3.8) is 0 Å². The van der Waals surface area contributed by atoms with E-state index in [4.69, 9.17) is 13.9 Å². The van der Waals surface area contributed by atoms with Gasteiger partial charge in [0.2, 0.25) is 6.79 Å². The smallest absolute Gasteiger partial charge is 0.305 e. The van der Waals surface area contributed by atoms with E-state index in [-0.39, 0.29) is 17.8 Å². The van der Waals surface area contributed by atoms with Crippen LogP contribution in [0, 0.1) is 0 Å². The Kier molecular flexibility index (Phi) is 6.64. The third-order valence-corrected chi connectivity index (χ3v) is 8.87. The van der Waals surface area contributed by atoms with E-state index in [0.29, 0.717) is 12.4 Å². The highest BCUT2D eigenvalue weighted by atomic mass is 79.9. The molecule has 0 saturated heterocycles. The first-order valence-electron chi connectivity index (χ1n) is 7.21. The van der Waals surface area contributed by atoms with Crippen LogP contribution in [0.25, 0.3) is 0 Å². The van der Waals surface area contributed by atoms with Gasteiger partial charge in [0.25, 0.3) is 0 Å². The SMILES string of the molecule is CC(=O)OCOc1ccc(Br)cc1CO[Si](C)(C)C(C)(C)C. The van der Waals surface area contributed by atoms with Crippen LogP contribution in [0.5, 0.6) is 5.75 Å². The van der Waals surface area contributed by atoms with Gasteiger partial charge in [-0.1, -0.05) is 36.7 Å². The number of carbonyl (C=O) groups excluding carboxylic acids is 1. The van der Waals surface area contributed by atoms with E-state index in [1.54, 1.807) is 0 Å². The maximum absolute atomic E-state index is 10.8. The van der Waals surface area contributed by atoms with Gasteiger partial charge in [0.05, 0.1) is 6.61 Å². The zero-order valence-electron chi connectivity index (χ0n) is 14.2. The van der Waals surface area contributed by atoms with Crippen LogP contribution in [0.2, 0.25) is 18.1 Å². The molecular weight excluding hydrogens is 364 g/mol. The zero-order chi connectivity index (χ0) is 17.0. The van der Waals surface area contributed by atoms with Gasteiger partial charge in [0, 0.05) is 17.0 Å². The van der Waals surface area contributed by atoms with Crippen molar-refractivity contribution in [2.75, 3.05) is 6.79 Å². The largest absolute Gasteiger partial charge is 0.457 e. The molecule has 0 atom stereocenters. The van der Waals surface area contributed by atoms with Gasteiger partial charge >= 0.3 is 5.97 Å². The molecule has 0 radical (unpaired) electrons. The van der Waals surface area contributed by atoms with E-state index >= 15 is 0 Å². The van der Waals surface area contributed by atoms with Gasteiger partial charge < -0.3 is 13.9 Å². The van der Waals surface area contributed by atoms with Gasteiger partial charge in [-0.2, -0.15) is 0 Å². The first kappa shape index (κ1) is 19.2. The zero-order valence-corrected chi connectivity index (χ0v) is 16.7. The summed E-state index contributed by atoms with van der Waals surface area (Å²) in [6, 6.07) is 5.70. The minimum Gasteiger partial charge on any atom is -0.457 e. The maximum atomic E-state index is 10.8. The van der Waals surface area contributed by atoms with E-state index in [1.165, 1.54) is 6.92 Å². The lowest BCUT2D eigenvalue weighted by molar-refractivity contribution is -0.147. The topological polar surface area (TPSA) is 44.8 Å². The number of halogens is 1. The Labute approximate surface area is 142 Å². The van der Waals surface area contributed by atoms with Gasteiger partial charge in [-0.05, 0) is 36.3 Å². The van der Waals surface area contributed by atoms with E-state index in [9.17, 15) is 4.79 Å². The molecule has 0 bridgehead atoms. The highest BCUT2D eigenvalue weighted by Gasteiger charge is 2.37. The summed E-state index contributed by atoms with van der Waals surface area (Å²) < 4.78 is 17.5. The molecule has 0 aliphatic rings. The van der Waals surface area contributed by atoms with E-state index in [2.05, 4.69) is 49.8 Å². The Morgan fingerprint density at radius 1 is 1.27 bits per heavy atom. The van der Waals surface area contributed by atoms with E-state index in [1.807, 2.05) is 18.2 Å². The van der Waals surface area contributed by atoms with Crippen molar-refractivity contribution >= 4 is 30.2 Å². The molecule has 124 valence electrons. The van der Waals surface area contributed by atoms with Crippen LogP contribution >= 0.6 is 15.9 Å². The van der Waals surface area contributed by atoms with Crippen molar-refractivity contribution in [2.45, 2.75) is 52.4 Å². The summed E-state index contributed by atoms with van der Waals surface area (Å²) in [5.74, 6) is 0.305.